The molecule has 2 rings (SSSR count). The third-order valence-corrected chi connectivity index (χ3v) is 3.17. The average Bonchev–Trinajstić information content (AvgIpc) is 2.29. The van der Waals surface area contributed by atoms with Crippen molar-refractivity contribution in [3.63, 3.8) is 0 Å². The molecule has 4 nitrogen and oxygen atoms in total. The van der Waals surface area contributed by atoms with Gasteiger partial charge in [-0.2, -0.15) is 0 Å². The van der Waals surface area contributed by atoms with Gasteiger partial charge in [0.05, 0.1) is 31.5 Å². The number of ether oxygens (including phenoxy) is 2. The van der Waals surface area contributed by atoms with Crippen LogP contribution in [0.3, 0.4) is 0 Å². The van der Waals surface area contributed by atoms with E-state index in [0.29, 0.717) is 6.61 Å². The van der Waals surface area contributed by atoms with Crippen LogP contribution in [0.1, 0.15) is 25.7 Å². The van der Waals surface area contributed by atoms with Gasteiger partial charge in [-0.25, -0.2) is 0 Å². The minimum absolute atomic E-state index is 0.0317. The Kier molecular flexibility index (Phi) is 4.38. The lowest BCUT2D eigenvalue weighted by Crippen LogP contribution is -2.43. The van der Waals surface area contributed by atoms with Crippen LogP contribution in [0.2, 0.25) is 0 Å². The number of nitrogens with one attached hydrogen (secondary N) is 1. The van der Waals surface area contributed by atoms with Gasteiger partial charge in [0.25, 0.3) is 0 Å². The molecular weight excluding hydrogens is 194 g/mol. The van der Waals surface area contributed by atoms with Crippen LogP contribution in [-0.2, 0) is 9.47 Å². The summed E-state index contributed by atoms with van der Waals surface area (Å²) < 4.78 is 11.3. The Labute approximate surface area is 90.9 Å². The Morgan fingerprint density at radius 3 is 2.93 bits per heavy atom. The zero-order chi connectivity index (χ0) is 10.5. The fourth-order valence-electron chi connectivity index (χ4n) is 2.23. The Bertz CT molecular complexity index is 183. The first kappa shape index (κ1) is 11.3. The molecule has 0 aromatic rings. The summed E-state index contributed by atoms with van der Waals surface area (Å²) >= 11 is 0. The molecule has 3 atom stereocenters. The quantitative estimate of drug-likeness (QED) is 0.710. The molecule has 0 aromatic carbocycles. The molecule has 1 aliphatic carbocycles. The van der Waals surface area contributed by atoms with Crippen molar-refractivity contribution < 1.29 is 14.6 Å². The van der Waals surface area contributed by atoms with Crippen molar-refractivity contribution in [1.29, 1.82) is 0 Å². The van der Waals surface area contributed by atoms with Crippen LogP contribution in [0.4, 0.5) is 0 Å². The summed E-state index contributed by atoms with van der Waals surface area (Å²) in [5.74, 6) is 0. The molecule has 2 N–H and O–H groups in total. The normalized spacial score (nSPS) is 37.8. The predicted octanol–water partition coefficient (Wildman–Crippen LogP) is 0.295. The smallest absolute Gasteiger partial charge is 0.0933 e. The summed E-state index contributed by atoms with van der Waals surface area (Å²) in [6, 6.07) is 0. The van der Waals surface area contributed by atoms with Crippen molar-refractivity contribution in [2.24, 2.45) is 0 Å². The summed E-state index contributed by atoms with van der Waals surface area (Å²) in [5.41, 5.74) is 0. The molecule has 88 valence electrons. The van der Waals surface area contributed by atoms with Crippen LogP contribution in [0, 0.1) is 0 Å². The van der Waals surface area contributed by atoms with Crippen LogP contribution in [0.5, 0.6) is 0 Å². The zero-order valence-corrected chi connectivity index (χ0v) is 9.15. The lowest BCUT2D eigenvalue weighted by molar-refractivity contribution is -0.101. The molecule has 0 aromatic heterocycles. The minimum atomic E-state index is -0.268. The van der Waals surface area contributed by atoms with E-state index >= 15 is 0 Å². The lowest BCUT2D eigenvalue weighted by atomic mass is 9.95. The van der Waals surface area contributed by atoms with E-state index in [4.69, 9.17) is 9.47 Å². The van der Waals surface area contributed by atoms with E-state index < -0.39 is 0 Å². The molecule has 0 radical (unpaired) electrons. The molecule has 0 spiro atoms. The highest BCUT2D eigenvalue weighted by atomic mass is 16.5. The standard InChI is InChI=1S/C11H21NO3/c13-10-3-1-2-4-11(10)15-8-9-7-12-5-6-14-9/h9-13H,1-8H2. The molecule has 2 fully saturated rings. The van der Waals surface area contributed by atoms with E-state index in [2.05, 4.69) is 5.32 Å². The van der Waals surface area contributed by atoms with E-state index in [9.17, 15) is 5.11 Å². The van der Waals surface area contributed by atoms with E-state index in [1.807, 2.05) is 0 Å². The van der Waals surface area contributed by atoms with Gasteiger partial charge in [-0.05, 0) is 12.8 Å². The largest absolute Gasteiger partial charge is 0.390 e. The summed E-state index contributed by atoms with van der Waals surface area (Å²) in [7, 11) is 0. The maximum Gasteiger partial charge on any atom is 0.0933 e. The van der Waals surface area contributed by atoms with Gasteiger partial charge in [-0.15, -0.1) is 0 Å². The zero-order valence-electron chi connectivity index (χ0n) is 9.15. The summed E-state index contributed by atoms with van der Waals surface area (Å²) in [4.78, 5) is 0. The predicted molar refractivity (Wildman–Crippen MR) is 56.8 cm³/mol. The molecular formula is C11H21NO3. The fraction of sp³-hybridized carbons (Fsp3) is 1.00. The third kappa shape index (κ3) is 3.41. The maximum absolute atomic E-state index is 9.72. The Morgan fingerprint density at radius 1 is 1.33 bits per heavy atom. The van der Waals surface area contributed by atoms with Crippen LogP contribution in [0.25, 0.3) is 0 Å². The Hall–Kier alpha value is -0.160. The summed E-state index contributed by atoms with van der Waals surface area (Å²) in [5, 5.41) is 13.0. The highest BCUT2D eigenvalue weighted by Gasteiger charge is 2.25. The van der Waals surface area contributed by atoms with Crippen LogP contribution in [-0.4, -0.2) is 49.7 Å². The van der Waals surface area contributed by atoms with Crippen LogP contribution >= 0.6 is 0 Å². The first-order chi connectivity index (χ1) is 7.36. The van der Waals surface area contributed by atoms with Gasteiger partial charge in [-0.1, -0.05) is 12.8 Å². The van der Waals surface area contributed by atoms with Gasteiger partial charge in [-0.3, -0.25) is 0 Å². The molecule has 15 heavy (non-hydrogen) atoms. The van der Waals surface area contributed by atoms with E-state index in [-0.39, 0.29) is 18.3 Å². The molecule has 0 bridgehead atoms. The topological polar surface area (TPSA) is 50.7 Å². The van der Waals surface area contributed by atoms with E-state index in [1.54, 1.807) is 0 Å². The van der Waals surface area contributed by atoms with Gasteiger partial charge >= 0.3 is 0 Å². The minimum Gasteiger partial charge on any atom is -0.390 e. The Morgan fingerprint density at radius 2 is 2.20 bits per heavy atom. The number of hydrogen-bond acceptors (Lipinski definition) is 4. The molecule has 1 heterocycles. The fourth-order valence-corrected chi connectivity index (χ4v) is 2.23. The number of hydrogen-bond donors (Lipinski definition) is 2. The number of aliphatic hydroxyl groups excluding tert-OH is 1. The maximum atomic E-state index is 9.72. The summed E-state index contributed by atoms with van der Waals surface area (Å²) in [6.07, 6.45) is 4.09. The monoisotopic (exact) mass is 215 g/mol. The number of aliphatic hydroxyl groups is 1. The highest BCUT2D eigenvalue weighted by molar-refractivity contribution is 4.76. The van der Waals surface area contributed by atoms with Crippen molar-refractivity contribution >= 4 is 0 Å². The Balaban J connectivity index is 1.67. The first-order valence-electron chi connectivity index (χ1n) is 5.98. The second-order valence-electron chi connectivity index (χ2n) is 4.42. The molecule has 0 amide bonds. The van der Waals surface area contributed by atoms with Crippen molar-refractivity contribution in [2.75, 3.05) is 26.3 Å². The lowest BCUT2D eigenvalue weighted by Gasteiger charge is -2.30. The van der Waals surface area contributed by atoms with Crippen molar-refractivity contribution in [3.05, 3.63) is 0 Å². The third-order valence-electron chi connectivity index (χ3n) is 3.17. The molecule has 3 unspecified atom stereocenters. The van der Waals surface area contributed by atoms with Crippen molar-refractivity contribution in [3.8, 4) is 0 Å². The van der Waals surface area contributed by atoms with Gasteiger partial charge in [0, 0.05) is 13.1 Å². The van der Waals surface area contributed by atoms with Gasteiger partial charge in [0.2, 0.25) is 0 Å². The van der Waals surface area contributed by atoms with Crippen LogP contribution < -0.4 is 5.32 Å². The van der Waals surface area contributed by atoms with Gasteiger partial charge in [0.1, 0.15) is 0 Å². The number of morpholine rings is 1. The second kappa shape index (κ2) is 5.80. The van der Waals surface area contributed by atoms with E-state index in [1.165, 1.54) is 6.42 Å². The van der Waals surface area contributed by atoms with Gasteiger partial charge < -0.3 is 19.9 Å². The van der Waals surface area contributed by atoms with E-state index in [0.717, 1.165) is 39.0 Å². The summed E-state index contributed by atoms with van der Waals surface area (Å²) in [6.45, 7) is 3.17. The SMILES string of the molecule is OC1CCCCC1OCC1CNCCO1. The van der Waals surface area contributed by atoms with Crippen molar-refractivity contribution in [1.82, 2.24) is 5.32 Å². The molecule has 4 heteroatoms. The average molecular weight is 215 g/mol. The molecule has 2 aliphatic rings. The first-order valence-corrected chi connectivity index (χ1v) is 5.98. The highest BCUT2D eigenvalue weighted by Crippen LogP contribution is 2.21. The van der Waals surface area contributed by atoms with Gasteiger partial charge in [0.15, 0.2) is 0 Å². The van der Waals surface area contributed by atoms with Crippen molar-refractivity contribution in [2.45, 2.75) is 44.0 Å². The molecule has 1 saturated heterocycles. The molecule has 1 aliphatic heterocycles. The number of rotatable bonds is 3. The second-order valence-corrected chi connectivity index (χ2v) is 4.42. The molecule has 1 saturated carbocycles. The van der Waals surface area contributed by atoms with Crippen LogP contribution in [0.15, 0.2) is 0 Å².